The molecule has 128 valence electrons. The molecule has 25 heavy (non-hydrogen) atoms. The number of benzene rings is 1. The quantitative estimate of drug-likeness (QED) is 0.709. The summed E-state index contributed by atoms with van der Waals surface area (Å²) < 4.78 is 1.80. The molecule has 0 radical (unpaired) electrons. The van der Waals surface area contributed by atoms with Gasteiger partial charge in [-0.15, -0.1) is 11.3 Å². The second-order valence-corrected chi connectivity index (χ2v) is 7.98. The Hall–Kier alpha value is -2.40. The van der Waals surface area contributed by atoms with Gasteiger partial charge < -0.3 is 5.11 Å². The summed E-state index contributed by atoms with van der Waals surface area (Å²) in [6.45, 7) is 8.51. The van der Waals surface area contributed by atoms with Crippen LogP contribution in [0.1, 0.15) is 39.4 Å². The minimum atomic E-state index is 0.0725. The van der Waals surface area contributed by atoms with Gasteiger partial charge in [-0.05, 0) is 80.2 Å². The molecule has 3 aromatic rings. The maximum absolute atomic E-state index is 12.9. The molecule has 0 aliphatic carbocycles. The molecular formula is C20H20N2O2S. The fraction of sp³-hybridized carbons (Fsp3) is 0.300. The van der Waals surface area contributed by atoms with Crippen molar-refractivity contribution in [1.29, 1.82) is 0 Å². The minimum absolute atomic E-state index is 0.0725. The van der Waals surface area contributed by atoms with Crippen molar-refractivity contribution in [1.82, 2.24) is 9.55 Å². The summed E-state index contributed by atoms with van der Waals surface area (Å²) in [5, 5.41) is 10.7. The Kier molecular flexibility index (Phi) is 3.58. The Morgan fingerprint density at radius 3 is 2.56 bits per heavy atom. The number of phenolic OH excluding ortho intramolecular Hbond substituents is 1. The first-order chi connectivity index (χ1) is 11.9. The van der Waals surface area contributed by atoms with Gasteiger partial charge in [0, 0.05) is 11.4 Å². The molecule has 1 aliphatic heterocycles. The van der Waals surface area contributed by atoms with E-state index in [0.29, 0.717) is 12.3 Å². The van der Waals surface area contributed by atoms with Gasteiger partial charge in [0.15, 0.2) is 0 Å². The molecule has 0 fully saturated rings. The zero-order valence-electron chi connectivity index (χ0n) is 14.8. The Balaban J connectivity index is 1.90. The molecule has 1 aliphatic rings. The van der Waals surface area contributed by atoms with Crippen LogP contribution in [0, 0.1) is 27.7 Å². The van der Waals surface area contributed by atoms with E-state index in [-0.39, 0.29) is 5.56 Å². The predicted octanol–water partition coefficient (Wildman–Crippen LogP) is 4.34. The number of hydrogen-bond acceptors (Lipinski definition) is 4. The molecule has 3 heterocycles. The van der Waals surface area contributed by atoms with Gasteiger partial charge in [0.05, 0.1) is 5.39 Å². The topological polar surface area (TPSA) is 55.1 Å². The largest absolute Gasteiger partial charge is 0.507 e. The van der Waals surface area contributed by atoms with Crippen molar-refractivity contribution in [3.8, 4) is 5.75 Å². The van der Waals surface area contributed by atoms with E-state index in [9.17, 15) is 9.90 Å². The number of rotatable bonds is 1. The van der Waals surface area contributed by atoms with Gasteiger partial charge in [0.2, 0.25) is 0 Å². The first-order valence-corrected chi connectivity index (χ1v) is 9.20. The molecule has 1 N–H and O–H groups in total. The fourth-order valence-corrected chi connectivity index (χ4v) is 4.55. The summed E-state index contributed by atoms with van der Waals surface area (Å²) in [6.07, 6.45) is 2.89. The molecule has 1 aromatic carbocycles. The zero-order chi connectivity index (χ0) is 17.9. The Morgan fingerprint density at radius 1 is 1.20 bits per heavy atom. The number of aromatic nitrogens is 2. The average molecular weight is 352 g/mol. The normalized spacial score (nSPS) is 15.3. The highest BCUT2D eigenvalue weighted by Gasteiger charge is 2.23. The second-order valence-electron chi connectivity index (χ2n) is 6.78. The SMILES string of the molecule is Cc1cc(/C=C2/CCn3c2nc2sc(C)c(C)c2c3=O)cc(C)c1O. The number of hydrogen-bond donors (Lipinski definition) is 1. The van der Waals surface area contributed by atoms with E-state index in [1.807, 2.05) is 39.8 Å². The third kappa shape index (κ3) is 2.42. The molecule has 5 heteroatoms. The van der Waals surface area contributed by atoms with Crippen LogP contribution < -0.4 is 5.56 Å². The molecule has 0 atom stereocenters. The minimum Gasteiger partial charge on any atom is -0.507 e. The first kappa shape index (κ1) is 16.1. The predicted molar refractivity (Wildman–Crippen MR) is 103 cm³/mol. The molecule has 0 spiro atoms. The van der Waals surface area contributed by atoms with Crippen molar-refractivity contribution in [2.75, 3.05) is 0 Å². The monoisotopic (exact) mass is 352 g/mol. The van der Waals surface area contributed by atoms with Crippen molar-refractivity contribution < 1.29 is 5.11 Å². The highest BCUT2D eigenvalue weighted by Crippen LogP contribution is 2.33. The number of allylic oxidation sites excluding steroid dienone is 1. The average Bonchev–Trinajstić information content (AvgIpc) is 3.07. The van der Waals surface area contributed by atoms with Crippen LogP contribution in [0.15, 0.2) is 16.9 Å². The van der Waals surface area contributed by atoms with Gasteiger partial charge in [0.1, 0.15) is 16.4 Å². The summed E-state index contributed by atoms with van der Waals surface area (Å²) in [5.41, 5.74) is 4.94. The lowest BCUT2D eigenvalue weighted by molar-refractivity contribution is 0.467. The molecule has 0 saturated carbocycles. The van der Waals surface area contributed by atoms with E-state index in [0.717, 1.165) is 55.2 Å². The number of fused-ring (bicyclic) bond motifs is 2. The van der Waals surface area contributed by atoms with Crippen LogP contribution in [0.3, 0.4) is 0 Å². The molecule has 4 nitrogen and oxygen atoms in total. The van der Waals surface area contributed by atoms with E-state index < -0.39 is 0 Å². The number of aryl methyl sites for hydroxylation is 4. The Bertz CT molecular complexity index is 1100. The van der Waals surface area contributed by atoms with Gasteiger partial charge in [0.25, 0.3) is 5.56 Å². The summed E-state index contributed by atoms with van der Waals surface area (Å²) in [6, 6.07) is 3.93. The number of nitrogens with zero attached hydrogens (tertiary/aromatic N) is 2. The van der Waals surface area contributed by atoms with Crippen LogP contribution in [0.4, 0.5) is 0 Å². The molecule has 0 bridgehead atoms. The second kappa shape index (κ2) is 5.56. The van der Waals surface area contributed by atoms with Crippen LogP contribution in [-0.2, 0) is 6.54 Å². The maximum atomic E-state index is 12.9. The van der Waals surface area contributed by atoms with Gasteiger partial charge in [-0.25, -0.2) is 4.98 Å². The third-order valence-electron chi connectivity index (χ3n) is 5.04. The van der Waals surface area contributed by atoms with E-state index in [4.69, 9.17) is 4.98 Å². The van der Waals surface area contributed by atoms with E-state index in [1.54, 1.807) is 15.9 Å². The summed E-state index contributed by atoms with van der Waals surface area (Å²) in [5.74, 6) is 1.12. The van der Waals surface area contributed by atoms with Gasteiger partial charge in [-0.2, -0.15) is 0 Å². The van der Waals surface area contributed by atoms with Gasteiger partial charge in [-0.3, -0.25) is 9.36 Å². The smallest absolute Gasteiger partial charge is 0.262 e. The standard InChI is InChI=1S/C20H20N2O2S/c1-10-7-14(8-11(2)17(10)23)9-15-5-6-22-18(15)21-19-16(20(22)24)12(3)13(4)25-19/h7-9,23H,5-6H2,1-4H3/b15-9-. The first-order valence-electron chi connectivity index (χ1n) is 8.38. The van der Waals surface area contributed by atoms with Crippen molar-refractivity contribution in [2.24, 2.45) is 0 Å². The van der Waals surface area contributed by atoms with Crippen LogP contribution in [0.5, 0.6) is 5.75 Å². The van der Waals surface area contributed by atoms with Gasteiger partial charge >= 0.3 is 0 Å². The lowest BCUT2D eigenvalue weighted by Gasteiger charge is -2.06. The van der Waals surface area contributed by atoms with E-state index >= 15 is 0 Å². The highest BCUT2D eigenvalue weighted by molar-refractivity contribution is 7.18. The highest BCUT2D eigenvalue weighted by atomic mass is 32.1. The third-order valence-corrected chi connectivity index (χ3v) is 6.14. The number of phenols is 1. The lowest BCUT2D eigenvalue weighted by Crippen LogP contribution is -2.20. The summed E-state index contributed by atoms with van der Waals surface area (Å²) in [4.78, 5) is 19.7. The molecule has 0 saturated heterocycles. The van der Waals surface area contributed by atoms with E-state index in [2.05, 4.69) is 6.08 Å². The molecular weight excluding hydrogens is 332 g/mol. The van der Waals surface area contributed by atoms with Crippen molar-refractivity contribution >= 4 is 33.2 Å². The van der Waals surface area contributed by atoms with Crippen molar-refractivity contribution in [3.05, 3.63) is 55.4 Å². The lowest BCUT2D eigenvalue weighted by atomic mass is 10.0. The Labute approximate surface area is 150 Å². The summed E-state index contributed by atoms with van der Waals surface area (Å²) >= 11 is 1.59. The van der Waals surface area contributed by atoms with Crippen LogP contribution in [0.2, 0.25) is 0 Å². The molecule has 4 rings (SSSR count). The number of thiophene rings is 1. The van der Waals surface area contributed by atoms with Crippen LogP contribution in [0.25, 0.3) is 21.9 Å². The van der Waals surface area contributed by atoms with Crippen molar-refractivity contribution in [3.63, 3.8) is 0 Å². The fourth-order valence-electron chi connectivity index (χ4n) is 3.53. The molecule has 0 unspecified atom stereocenters. The van der Waals surface area contributed by atoms with Crippen LogP contribution in [-0.4, -0.2) is 14.7 Å². The maximum Gasteiger partial charge on any atom is 0.262 e. The van der Waals surface area contributed by atoms with Crippen molar-refractivity contribution in [2.45, 2.75) is 40.7 Å². The van der Waals surface area contributed by atoms with E-state index in [1.165, 1.54) is 0 Å². The van der Waals surface area contributed by atoms with Crippen LogP contribution >= 0.6 is 11.3 Å². The summed E-state index contributed by atoms with van der Waals surface area (Å²) in [7, 11) is 0. The zero-order valence-corrected chi connectivity index (χ0v) is 15.6. The number of aromatic hydroxyl groups is 1. The molecule has 2 aromatic heterocycles. The van der Waals surface area contributed by atoms with Gasteiger partial charge in [-0.1, -0.05) is 0 Å². The Morgan fingerprint density at radius 2 is 1.88 bits per heavy atom. The molecule has 0 amide bonds.